The van der Waals surface area contributed by atoms with E-state index in [-0.39, 0.29) is 0 Å². The minimum absolute atomic E-state index is 0.639. The molecule has 120 valence electrons. The maximum atomic E-state index is 11.9. The van der Waals surface area contributed by atoms with Crippen LogP contribution in [-0.4, -0.2) is 63.9 Å². The molecule has 0 bridgehead atoms. The third kappa shape index (κ3) is 7.27. The fourth-order valence-electron chi connectivity index (χ4n) is 1.30. The van der Waals surface area contributed by atoms with Gasteiger partial charge in [-0.1, -0.05) is 69.6 Å². The second-order valence-corrected chi connectivity index (χ2v) is 9.17. The third-order valence-electron chi connectivity index (χ3n) is 2.19. The first-order valence-corrected chi connectivity index (χ1v) is 7.57. The molecule has 2 N–H and O–H groups in total. The average molecular weight is 409 g/mol. The van der Waals surface area contributed by atoms with Gasteiger partial charge in [0.15, 0.2) is 0 Å². The van der Waals surface area contributed by atoms with E-state index < -0.39 is 25.9 Å². The molecule has 0 aliphatic rings. The molecule has 0 aliphatic carbocycles. The first-order valence-electron chi connectivity index (χ1n) is 5.30. The van der Waals surface area contributed by atoms with Crippen molar-refractivity contribution in [2.45, 2.75) is 19.9 Å². The summed E-state index contributed by atoms with van der Waals surface area (Å²) in [4.78, 5) is 15.0. The van der Waals surface area contributed by atoms with Crippen molar-refractivity contribution in [1.29, 1.82) is 0 Å². The van der Waals surface area contributed by atoms with Gasteiger partial charge in [0.2, 0.25) is 7.59 Å². The molecule has 2 unspecified atom stereocenters. The molecule has 0 aromatic rings. The van der Waals surface area contributed by atoms with Crippen LogP contribution in [0.25, 0.3) is 0 Å². The van der Waals surface area contributed by atoms with Gasteiger partial charge >= 0.3 is 6.03 Å². The molecule has 2 amide bonds. The summed E-state index contributed by atoms with van der Waals surface area (Å²) in [6, 6.07) is -0.639. The van der Waals surface area contributed by atoms with E-state index in [2.05, 4.69) is 10.6 Å². The molecule has 0 aromatic heterocycles. The van der Waals surface area contributed by atoms with Gasteiger partial charge in [-0.15, -0.1) is 0 Å². The topological polar surface area (TPSA) is 47.6 Å². The van der Waals surface area contributed by atoms with Crippen LogP contribution in [-0.2, 0) is 0 Å². The van der Waals surface area contributed by atoms with Crippen LogP contribution in [0.5, 0.6) is 0 Å². The quantitative estimate of drug-likeness (QED) is 0.555. The zero-order valence-corrected chi connectivity index (χ0v) is 15.8. The predicted molar refractivity (Wildman–Crippen MR) is 87.2 cm³/mol. The van der Waals surface area contributed by atoms with Gasteiger partial charge in [-0.2, -0.15) is 0 Å². The molecule has 0 fully saturated rings. The largest absolute Gasteiger partial charge is 0.318 e. The van der Waals surface area contributed by atoms with E-state index >= 15 is 0 Å². The van der Waals surface area contributed by atoms with Crippen LogP contribution in [0.15, 0.2) is 0 Å². The number of carbonyl (C=O) groups is 1. The maximum absolute atomic E-state index is 11.9. The van der Waals surface area contributed by atoms with Gasteiger partial charge in [-0.05, 0) is 28.2 Å². The van der Waals surface area contributed by atoms with Crippen LogP contribution in [0.2, 0.25) is 0 Å². The first kappa shape index (κ1) is 20.9. The zero-order valence-electron chi connectivity index (χ0n) is 11.2. The van der Waals surface area contributed by atoms with E-state index in [9.17, 15) is 4.79 Å². The van der Waals surface area contributed by atoms with Crippen molar-refractivity contribution in [3.05, 3.63) is 0 Å². The number of hydrogen-bond acceptors (Lipinski definition) is 3. The number of urea groups is 1. The average Bonchev–Trinajstić information content (AvgIpc) is 2.18. The van der Waals surface area contributed by atoms with Crippen molar-refractivity contribution >= 4 is 75.6 Å². The van der Waals surface area contributed by atoms with Crippen molar-refractivity contribution in [1.82, 2.24) is 20.4 Å². The number of alkyl halides is 6. The van der Waals surface area contributed by atoms with Crippen molar-refractivity contribution < 1.29 is 4.79 Å². The Labute approximate surface area is 148 Å². The zero-order chi connectivity index (χ0) is 16.3. The molecule has 5 nitrogen and oxygen atoms in total. The van der Waals surface area contributed by atoms with Crippen molar-refractivity contribution in [2.75, 3.05) is 28.2 Å². The Morgan fingerprint density at radius 2 is 1.05 bits per heavy atom. The molecular weight excluding hydrogens is 393 g/mol. The molecule has 0 aliphatic heterocycles. The minimum Gasteiger partial charge on any atom is -0.318 e. The Morgan fingerprint density at radius 3 is 1.20 bits per heavy atom. The van der Waals surface area contributed by atoms with E-state index in [1.54, 1.807) is 28.2 Å². The predicted octanol–water partition coefficient (Wildman–Crippen LogP) is 2.80. The van der Waals surface area contributed by atoms with Crippen molar-refractivity contribution in [2.24, 2.45) is 0 Å². The fourth-order valence-corrected chi connectivity index (χ4v) is 2.80. The number of amides is 2. The van der Waals surface area contributed by atoms with Crippen LogP contribution in [0, 0.1) is 0 Å². The number of hydrogen-bond donors (Lipinski definition) is 2. The van der Waals surface area contributed by atoms with E-state index in [1.165, 1.54) is 9.80 Å². The Hall–Kier alpha value is 0.930. The number of carbonyl (C=O) groups excluding carboxylic acids is 1. The van der Waals surface area contributed by atoms with Gasteiger partial charge < -0.3 is 10.6 Å². The van der Waals surface area contributed by atoms with E-state index in [0.29, 0.717) is 0 Å². The van der Waals surface area contributed by atoms with Crippen LogP contribution < -0.4 is 10.6 Å². The molecule has 2 atom stereocenters. The molecule has 0 saturated heterocycles. The summed E-state index contributed by atoms with van der Waals surface area (Å²) in [5.74, 6) is 0. The molecule has 11 heteroatoms. The van der Waals surface area contributed by atoms with Crippen molar-refractivity contribution in [3.63, 3.8) is 0 Å². The highest BCUT2D eigenvalue weighted by atomic mass is 35.6. The molecule has 0 saturated carbocycles. The minimum atomic E-state index is -1.71. The Bertz CT molecular complexity index is 297. The summed E-state index contributed by atoms with van der Waals surface area (Å²) in [5, 5.41) is 4.98. The fraction of sp³-hybridized carbons (Fsp3) is 0.889. The van der Waals surface area contributed by atoms with Crippen LogP contribution in [0.1, 0.15) is 0 Å². The molecule has 0 spiro atoms. The van der Waals surface area contributed by atoms with E-state index in [4.69, 9.17) is 69.6 Å². The Balaban J connectivity index is 4.84. The summed E-state index contributed by atoms with van der Waals surface area (Å²) < 4.78 is -3.43. The lowest BCUT2D eigenvalue weighted by Crippen LogP contribution is -2.60. The van der Waals surface area contributed by atoms with Gasteiger partial charge in [-0.3, -0.25) is 9.80 Å². The number of halogens is 6. The standard InChI is InChI=1S/C9H16Cl6N4O/c1-18(2)5(8(10,11)12)16-7(20)17-6(19(3)4)9(13,14)15/h5-6H,1-4H3,(H2,16,17,20). The van der Waals surface area contributed by atoms with Crippen LogP contribution >= 0.6 is 69.6 Å². The second kappa shape index (κ2) is 7.97. The molecular formula is C9H16Cl6N4O. The molecule has 20 heavy (non-hydrogen) atoms. The van der Waals surface area contributed by atoms with Crippen LogP contribution in [0.3, 0.4) is 0 Å². The molecule has 0 aromatic carbocycles. The summed E-state index contributed by atoms with van der Waals surface area (Å²) in [7, 11) is 6.58. The van der Waals surface area contributed by atoms with E-state index in [1.807, 2.05) is 0 Å². The highest BCUT2D eigenvalue weighted by molar-refractivity contribution is 6.68. The summed E-state index contributed by atoms with van der Waals surface area (Å²) in [5.41, 5.74) is 0. The SMILES string of the molecule is CN(C)C(NC(=O)NC(N(C)C)C(Cl)(Cl)Cl)C(Cl)(Cl)Cl. The normalized spacial score (nSPS) is 16.2. The number of nitrogens with zero attached hydrogens (tertiary/aromatic N) is 2. The van der Waals surface area contributed by atoms with Gasteiger partial charge in [-0.25, -0.2) is 4.79 Å². The maximum Gasteiger partial charge on any atom is 0.317 e. The lowest BCUT2D eigenvalue weighted by molar-refractivity contribution is 0.190. The summed E-state index contributed by atoms with van der Waals surface area (Å²) in [6.07, 6.45) is -1.71. The second-order valence-electron chi connectivity index (χ2n) is 4.43. The van der Waals surface area contributed by atoms with Crippen molar-refractivity contribution in [3.8, 4) is 0 Å². The van der Waals surface area contributed by atoms with Gasteiger partial charge in [0.25, 0.3) is 0 Å². The Morgan fingerprint density at radius 1 is 0.800 bits per heavy atom. The highest BCUT2D eigenvalue weighted by Crippen LogP contribution is 2.32. The van der Waals surface area contributed by atoms with E-state index in [0.717, 1.165) is 0 Å². The lowest BCUT2D eigenvalue weighted by Gasteiger charge is -2.34. The third-order valence-corrected chi connectivity index (χ3v) is 3.43. The number of rotatable bonds is 4. The van der Waals surface area contributed by atoms with Gasteiger partial charge in [0.1, 0.15) is 12.3 Å². The molecule has 0 radical (unpaired) electrons. The Kier molecular flexibility index (Phi) is 8.34. The monoisotopic (exact) mass is 406 g/mol. The lowest BCUT2D eigenvalue weighted by atomic mass is 10.4. The summed E-state index contributed by atoms with van der Waals surface area (Å²) in [6.45, 7) is 0. The highest BCUT2D eigenvalue weighted by Gasteiger charge is 2.39. The van der Waals surface area contributed by atoms with Gasteiger partial charge in [0.05, 0.1) is 0 Å². The van der Waals surface area contributed by atoms with Gasteiger partial charge in [0, 0.05) is 0 Å². The van der Waals surface area contributed by atoms with Crippen LogP contribution in [0.4, 0.5) is 4.79 Å². The smallest absolute Gasteiger partial charge is 0.317 e. The molecule has 0 heterocycles. The number of nitrogens with one attached hydrogen (secondary N) is 2. The summed E-state index contributed by atoms with van der Waals surface area (Å²) >= 11 is 34.7. The first-order chi connectivity index (χ1) is 8.76. The molecule has 0 rings (SSSR count).